The molecular weight excluding hydrogens is 257 g/mol. The van der Waals surface area contributed by atoms with Crippen LogP contribution in [-0.4, -0.2) is 50.8 Å². The van der Waals surface area contributed by atoms with Gasteiger partial charge in [0.15, 0.2) is 0 Å². The Bertz CT molecular complexity index is 337. The van der Waals surface area contributed by atoms with E-state index < -0.39 is 29.2 Å². The lowest BCUT2D eigenvalue weighted by atomic mass is 10.3. The molecule has 1 rings (SSSR count). The minimum atomic E-state index is -4.32. The normalized spacial score (nSPS) is 22.3. The van der Waals surface area contributed by atoms with E-state index in [4.69, 9.17) is 0 Å². The molecule has 0 bridgehead atoms. The van der Waals surface area contributed by atoms with E-state index in [0.717, 1.165) is 23.7 Å². The van der Waals surface area contributed by atoms with Crippen LogP contribution >= 0.6 is 0 Å². The summed E-state index contributed by atoms with van der Waals surface area (Å²) in [6.07, 6.45) is -3.77. The molecule has 0 radical (unpaired) electrons. The highest BCUT2D eigenvalue weighted by Gasteiger charge is 2.31. The van der Waals surface area contributed by atoms with Gasteiger partial charge in [0.05, 0.1) is 12.2 Å². The molecule has 102 valence electrons. The summed E-state index contributed by atoms with van der Waals surface area (Å²) in [6.45, 7) is 0.255. The maximum Gasteiger partial charge on any atom is 0.390 e. The first-order valence-electron chi connectivity index (χ1n) is 5.45. The topological polar surface area (TPSA) is 49.4 Å². The Labute approximate surface area is 99.2 Å². The van der Waals surface area contributed by atoms with E-state index in [1.165, 1.54) is 7.05 Å². The zero-order chi connectivity index (χ0) is 13.1. The zero-order valence-corrected chi connectivity index (χ0v) is 10.4. The van der Waals surface area contributed by atoms with Gasteiger partial charge in [0.1, 0.15) is 0 Å². The average Bonchev–Trinajstić information content (AvgIpc) is 2.64. The number of rotatable bonds is 5. The van der Waals surface area contributed by atoms with Crippen molar-refractivity contribution >= 4 is 10.0 Å². The minimum Gasteiger partial charge on any atom is -0.313 e. The molecule has 0 amide bonds. The summed E-state index contributed by atoms with van der Waals surface area (Å²) in [5, 5.41) is 3.01. The largest absolute Gasteiger partial charge is 0.390 e. The Morgan fingerprint density at radius 1 is 1.41 bits per heavy atom. The minimum absolute atomic E-state index is 0.124. The van der Waals surface area contributed by atoms with E-state index in [1.54, 1.807) is 0 Å². The molecule has 8 heteroatoms. The SMILES string of the molecule is CN(CCC(F)(F)F)S(=O)(=O)CC1CCCN1. The number of hydrogen-bond donors (Lipinski definition) is 1. The Morgan fingerprint density at radius 2 is 2.06 bits per heavy atom. The highest BCUT2D eigenvalue weighted by Crippen LogP contribution is 2.20. The van der Waals surface area contributed by atoms with E-state index in [1.807, 2.05) is 0 Å². The molecule has 0 saturated carbocycles. The molecule has 1 saturated heterocycles. The van der Waals surface area contributed by atoms with Crippen LogP contribution in [0.5, 0.6) is 0 Å². The molecule has 1 fully saturated rings. The molecule has 4 nitrogen and oxygen atoms in total. The van der Waals surface area contributed by atoms with Gasteiger partial charge in [0, 0.05) is 19.6 Å². The molecule has 1 heterocycles. The van der Waals surface area contributed by atoms with Crippen molar-refractivity contribution in [1.82, 2.24) is 9.62 Å². The predicted molar refractivity (Wildman–Crippen MR) is 58.1 cm³/mol. The van der Waals surface area contributed by atoms with Crippen LogP contribution in [0.25, 0.3) is 0 Å². The van der Waals surface area contributed by atoms with Crippen LogP contribution in [-0.2, 0) is 10.0 Å². The third kappa shape index (κ3) is 5.22. The average molecular weight is 274 g/mol. The predicted octanol–water partition coefficient (Wildman–Crippen LogP) is 0.952. The van der Waals surface area contributed by atoms with E-state index >= 15 is 0 Å². The molecule has 1 aliphatic rings. The van der Waals surface area contributed by atoms with E-state index in [-0.39, 0.29) is 11.8 Å². The summed E-state index contributed by atoms with van der Waals surface area (Å²) in [6, 6.07) is -0.131. The van der Waals surface area contributed by atoms with E-state index in [0.29, 0.717) is 0 Å². The standard InChI is InChI=1S/C9H17F3N2O2S/c1-14(6-4-9(10,11)12)17(15,16)7-8-3-2-5-13-8/h8,13H,2-7H2,1H3. The third-order valence-electron chi connectivity index (χ3n) is 2.76. The van der Waals surface area contributed by atoms with Crippen LogP contribution in [0, 0.1) is 0 Å². The Balaban J connectivity index is 2.45. The van der Waals surface area contributed by atoms with Gasteiger partial charge in [-0.1, -0.05) is 0 Å². The summed E-state index contributed by atoms with van der Waals surface area (Å²) in [7, 11) is -2.40. The van der Waals surface area contributed by atoms with Gasteiger partial charge in [-0.3, -0.25) is 0 Å². The van der Waals surface area contributed by atoms with Crippen molar-refractivity contribution in [3.8, 4) is 0 Å². The van der Waals surface area contributed by atoms with E-state index in [9.17, 15) is 21.6 Å². The fourth-order valence-electron chi connectivity index (χ4n) is 1.70. The van der Waals surface area contributed by atoms with Crippen molar-refractivity contribution < 1.29 is 21.6 Å². The van der Waals surface area contributed by atoms with Crippen LogP contribution in [0.2, 0.25) is 0 Å². The molecule has 0 aliphatic carbocycles. The lowest BCUT2D eigenvalue weighted by molar-refractivity contribution is -0.135. The van der Waals surface area contributed by atoms with Gasteiger partial charge in [0.25, 0.3) is 0 Å². The van der Waals surface area contributed by atoms with Gasteiger partial charge in [-0.15, -0.1) is 0 Å². The van der Waals surface area contributed by atoms with E-state index in [2.05, 4.69) is 5.32 Å². The van der Waals surface area contributed by atoms with Crippen molar-refractivity contribution in [2.45, 2.75) is 31.5 Å². The van der Waals surface area contributed by atoms with Crippen LogP contribution in [0.3, 0.4) is 0 Å². The number of nitrogens with zero attached hydrogens (tertiary/aromatic N) is 1. The second kappa shape index (κ2) is 5.53. The number of hydrogen-bond acceptors (Lipinski definition) is 3. The van der Waals surface area contributed by atoms with Gasteiger partial charge < -0.3 is 5.32 Å². The molecule has 0 aromatic carbocycles. The summed E-state index contributed by atoms with van der Waals surface area (Å²) in [4.78, 5) is 0. The first-order valence-corrected chi connectivity index (χ1v) is 7.06. The molecule has 0 aromatic heterocycles. The zero-order valence-electron chi connectivity index (χ0n) is 9.63. The van der Waals surface area contributed by atoms with Gasteiger partial charge in [-0.25, -0.2) is 12.7 Å². The number of alkyl halides is 3. The van der Waals surface area contributed by atoms with Gasteiger partial charge in [0.2, 0.25) is 10.0 Å². The number of sulfonamides is 1. The molecule has 0 spiro atoms. The summed E-state index contributed by atoms with van der Waals surface area (Å²) < 4.78 is 60.2. The molecular formula is C9H17F3N2O2S. The number of halogens is 3. The molecule has 0 aromatic rings. The fourth-order valence-corrected chi connectivity index (χ4v) is 3.12. The van der Waals surface area contributed by atoms with Crippen LogP contribution in [0.4, 0.5) is 13.2 Å². The maximum atomic E-state index is 12.0. The lowest BCUT2D eigenvalue weighted by Gasteiger charge is -2.20. The van der Waals surface area contributed by atoms with Gasteiger partial charge in [-0.05, 0) is 19.4 Å². The summed E-state index contributed by atoms with van der Waals surface area (Å²) in [5.41, 5.74) is 0. The molecule has 17 heavy (non-hydrogen) atoms. The molecule has 1 atom stereocenters. The first-order chi connectivity index (χ1) is 7.71. The van der Waals surface area contributed by atoms with Crippen LogP contribution < -0.4 is 5.32 Å². The quantitative estimate of drug-likeness (QED) is 0.812. The van der Waals surface area contributed by atoms with Crippen molar-refractivity contribution in [2.24, 2.45) is 0 Å². The summed E-state index contributed by atoms with van der Waals surface area (Å²) in [5.74, 6) is -0.124. The summed E-state index contributed by atoms with van der Waals surface area (Å²) >= 11 is 0. The second-order valence-electron chi connectivity index (χ2n) is 4.26. The molecule has 1 unspecified atom stereocenters. The lowest BCUT2D eigenvalue weighted by Crippen LogP contribution is -2.39. The highest BCUT2D eigenvalue weighted by atomic mass is 32.2. The fraction of sp³-hybridized carbons (Fsp3) is 1.00. The maximum absolute atomic E-state index is 12.0. The van der Waals surface area contributed by atoms with Crippen molar-refractivity contribution in [1.29, 1.82) is 0 Å². The second-order valence-corrected chi connectivity index (χ2v) is 6.38. The highest BCUT2D eigenvalue weighted by molar-refractivity contribution is 7.89. The Kier molecular flexibility index (Phi) is 4.79. The first kappa shape index (κ1) is 14.7. The van der Waals surface area contributed by atoms with Gasteiger partial charge >= 0.3 is 6.18 Å². The smallest absolute Gasteiger partial charge is 0.313 e. The number of nitrogens with one attached hydrogen (secondary N) is 1. The van der Waals surface area contributed by atoms with Crippen molar-refractivity contribution in [2.75, 3.05) is 25.9 Å². The monoisotopic (exact) mass is 274 g/mol. The molecule has 1 aliphatic heterocycles. The Hall–Kier alpha value is -0.340. The van der Waals surface area contributed by atoms with Crippen LogP contribution in [0.15, 0.2) is 0 Å². The van der Waals surface area contributed by atoms with Crippen LogP contribution in [0.1, 0.15) is 19.3 Å². The van der Waals surface area contributed by atoms with Gasteiger partial charge in [-0.2, -0.15) is 13.2 Å². The Morgan fingerprint density at radius 3 is 2.53 bits per heavy atom. The molecule has 1 N–H and O–H groups in total. The van der Waals surface area contributed by atoms with Crippen molar-refractivity contribution in [3.63, 3.8) is 0 Å². The van der Waals surface area contributed by atoms with Crippen molar-refractivity contribution in [3.05, 3.63) is 0 Å². The third-order valence-corrected chi connectivity index (χ3v) is 4.72.